The second-order valence-corrected chi connectivity index (χ2v) is 7.24. The largest absolute Gasteiger partial charge is 0.397 e. The molecule has 5 aromatic heterocycles. The highest BCUT2D eigenvalue weighted by Crippen LogP contribution is 2.32. The monoisotopic (exact) mass is 404 g/mol. The second kappa shape index (κ2) is 6.74. The van der Waals surface area contributed by atoms with E-state index in [-0.39, 0.29) is 0 Å². The molecule has 0 aliphatic heterocycles. The Balaban J connectivity index is 1.51. The number of H-pyrrole nitrogens is 2. The highest BCUT2D eigenvalue weighted by molar-refractivity contribution is 5.98. The fourth-order valence-corrected chi connectivity index (χ4v) is 3.78. The molecule has 5 heterocycles. The Kier molecular flexibility index (Phi) is 3.76. The van der Waals surface area contributed by atoms with Crippen LogP contribution in [-0.2, 0) is 0 Å². The van der Waals surface area contributed by atoms with Crippen molar-refractivity contribution in [2.45, 2.75) is 0 Å². The molecule has 6 aromatic rings. The lowest BCUT2D eigenvalue weighted by molar-refractivity contribution is 1.11. The van der Waals surface area contributed by atoms with Gasteiger partial charge in [0.05, 0.1) is 28.4 Å². The van der Waals surface area contributed by atoms with Gasteiger partial charge in [0.1, 0.15) is 5.69 Å². The summed E-state index contributed by atoms with van der Waals surface area (Å²) in [5, 5.41) is 8.58. The van der Waals surface area contributed by atoms with E-state index in [4.69, 9.17) is 10.7 Å². The van der Waals surface area contributed by atoms with Gasteiger partial charge in [0.15, 0.2) is 5.82 Å². The number of nitrogens with zero attached hydrogens (tertiary/aromatic N) is 5. The number of benzene rings is 1. The predicted octanol–water partition coefficient (Wildman–Crippen LogP) is 4.21. The van der Waals surface area contributed by atoms with E-state index >= 15 is 0 Å². The normalized spacial score (nSPS) is 11.4. The molecule has 0 amide bonds. The van der Waals surface area contributed by atoms with Crippen molar-refractivity contribution in [3.8, 4) is 33.8 Å². The first-order chi connectivity index (χ1) is 15.3. The van der Waals surface area contributed by atoms with Crippen molar-refractivity contribution in [1.29, 1.82) is 0 Å². The number of hydrogen-bond acceptors (Lipinski definition) is 6. The van der Waals surface area contributed by atoms with Crippen LogP contribution in [0.3, 0.4) is 0 Å². The molecule has 4 N–H and O–H groups in total. The van der Waals surface area contributed by atoms with Crippen molar-refractivity contribution >= 4 is 27.6 Å². The van der Waals surface area contributed by atoms with Gasteiger partial charge in [-0.05, 0) is 41.5 Å². The molecule has 6 rings (SSSR count). The summed E-state index contributed by atoms with van der Waals surface area (Å²) in [4.78, 5) is 20.9. The summed E-state index contributed by atoms with van der Waals surface area (Å²) < 4.78 is 0. The molecule has 0 fully saturated rings. The maximum Gasteiger partial charge on any atom is 0.159 e. The van der Waals surface area contributed by atoms with Gasteiger partial charge < -0.3 is 10.7 Å². The molecule has 31 heavy (non-hydrogen) atoms. The van der Waals surface area contributed by atoms with E-state index in [2.05, 4.69) is 36.2 Å². The van der Waals surface area contributed by atoms with Crippen LogP contribution in [0.4, 0.5) is 5.69 Å². The first kappa shape index (κ1) is 17.3. The topological polar surface area (TPSA) is 122 Å². The number of nitrogens with two attached hydrogens (primary N) is 1. The van der Waals surface area contributed by atoms with Crippen LogP contribution < -0.4 is 5.73 Å². The lowest BCUT2D eigenvalue weighted by Gasteiger charge is -2.03. The molecule has 8 heteroatoms. The molecular weight excluding hydrogens is 388 g/mol. The Morgan fingerprint density at radius 3 is 2.48 bits per heavy atom. The molecule has 1 aromatic carbocycles. The van der Waals surface area contributed by atoms with Crippen LogP contribution in [0.5, 0.6) is 0 Å². The Hall–Kier alpha value is -4.59. The molecule has 0 saturated carbocycles. The summed E-state index contributed by atoms with van der Waals surface area (Å²) in [6.45, 7) is 0. The third kappa shape index (κ3) is 2.89. The maximum atomic E-state index is 5.91. The molecule has 0 saturated heterocycles. The number of nitrogen functional groups attached to an aromatic ring is 1. The summed E-state index contributed by atoms with van der Waals surface area (Å²) in [5.74, 6) is 0.674. The minimum Gasteiger partial charge on any atom is -0.397 e. The zero-order valence-electron chi connectivity index (χ0n) is 16.2. The summed E-state index contributed by atoms with van der Waals surface area (Å²) in [6, 6.07) is 11.9. The lowest BCUT2D eigenvalue weighted by atomic mass is 10.0. The van der Waals surface area contributed by atoms with E-state index in [0.717, 1.165) is 49.9 Å². The number of aromatic amines is 2. The van der Waals surface area contributed by atoms with E-state index in [0.29, 0.717) is 11.5 Å². The van der Waals surface area contributed by atoms with Crippen LogP contribution >= 0.6 is 0 Å². The SMILES string of the molecule is Nc1cncc(-c2ccc3[nH]nc(-c4nc5c(-c6ccncc6)cncc5[nH]4)c3c2)c1. The van der Waals surface area contributed by atoms with E-state index in [9.17, 15) is 0 Å². The van der Waals surface area contributed by atoms with Crippen LogP contribution in [-0.4, -0.2) is 35.1 Å². The minimum absolute atomic E-state index is 0.624. The predicted molar refractivity (Wildman–Crippen MR) is 120 cm³/mol. The number of fused-ring (bicyclic) bond motifs is 2. The zero-order valence-corrected chi connectivity index (χ0v) is 16.2. The first-order valence-corrected chi connectivity index (χ1v) is 9.70. The first-order valence-electron chi connectivity index (χ1n) is 9.70. The molecule has 0 atom stereocenters. The van der Waals surface area contributed by atoms with E-state index < -0.39 is 0 Å². The van der Waals surface area contributed by atoms with Gasteiger partial charge in [-0.3, -0.25) is 20.1 Å². The number of nitrogens with one attached hydrogen (secondary N) is 2. The van der Waals surface area contributed by atoms with Gasteiger partial charge in [-0.1, -0.05) is 6.07 Å². The van der Waals surface area contributed by atoms with Crippen molar-refractivity contribution in [3.63, 3.8) is 0 Å². The van der Waals surface area contributed by atoms with Crippen LogP contribution in [0.25, 0.3) is 55.7 Å². The van der Waals surface area contributed by atoms with E-state index in [1.54, 1.807) is 31.0 Å². The molecular formula is C23H16N8. The molecule has 8 nitrogen and oxygen atoms in total. The summed E-state index contributed by atoms with van der Waals surface area (Å²) in [6.07, 6.45) is 10.5. The van der Waals surface area contributed by atoms with Crippen LogP contribution in [0.2, 0.25) is 0 Å². The van der Waals surface area contributed by atoms with Crippen LogP contribution in [0, 0.1) is 0 Å². The van der Waals surface area contributed by atoms with Crippen molar-refractivity contribution in [2.24, 2.45) is 0 Å². The summed E-state index contributed by atoms with van der Waals surface area (Å²) in [5.41, 5.74) is 13.8. The minimum atomic E-state index is 0.624. The van der Waals surface area contributed by atoms with Gasteiger partial charge in [0.25, 0.3) is 0 Å². The third-order valence-electron chi connectivity index (χ3n) is 5.27. The second-order valence-electron chi connectivity index (χ2n) is 7.24. The number of rotatable bonds is 3. The van der Waals surface area contributed by atoms with E-state index in [1.807, 2.05) is 36.5 Å². The maximum absolute atomic E-state index is 5.91. The smallest absolute Gasteiger partial charge is 0.159 e. The Morgan fingerprint density at radius 2 is 1.61 bits per heavy atom. The number of aromatic nitrogens is 7. The molecule has 0 aliphatic carbocycles. The van der Waals surface area contributed by atoms with Gasteiger partial charge in [-0.25, -0.2) is 4.98 Å². The summed E-state index contributed by atoms with van der Waals surface area (Å²) >= 11 is 0. The van der Waals surface area contributed by atoms with Gasteiger partial charge in [0, 0.05) is 47.5 Å². The fourth-order valence-electron chi connectivity index (χ4n) is 3.78. The van der Waals surface area contributed by atoms with Crippen LogP contribution in [0.1, 0.15) is 0 Å². The highest BCUT2D eigenvalue weighted by atomic mass is 15.1. The molecule has 148 valence electrons. The number of imidazole rings is 1. The average Bonchev–Trinajstić information content (AvgIpc) is 3.43. The Morgan fingerprint density at radius 1 is 0.742 bits per heavy atom. The van der Waals surface area contributed by atoms with Crippen molar-refractivity contribution in [2.75, 3.05) is 5.73 Å². The molecule has 0 radical (unpaired) electrons. The zero-order chi connectivity index (χ0) is 20.8. The fraction of sp³-hybridized carbons (Fsp3) is 0. The number of hydrogen-bond donors (Lipinski definition) is 3. The van der Waals surface area contributed by atoms with Crippen molar-refractivity contribution < 1.29 is 0 Å². The standard InChI is InChI=1S/C23H16N8/c24-16-7-15(9-26-10-16)14-1-2-19-17(8-14)22(31-30-19)23-28-20-12-27-11-18(21(20)29-23)13-3-5-25-6-4-13/h1-12H,24H2,(H,28,29)(H,30,31). The molecule has 0 spiro atoms. The summed E-state index contributed by atoms with van der Waals surface area (Å²) in [7, 11) is 0. The van der Waals surface area contributed by atoms with Gasteiger partial charge in [0.2, 0.25) is 0 Å². The van der Waals surface area contributed by atoms with Gasteiger partial charge in [-0.2, -0.15) is 5.10 Å². The lowest BCUT2D eigenvalue weighted by Crippen LogP contribution is -1.88. The van der Waals surface area contributed by atoms with Gasteiger partial charge >= 0.3 is 0 Å². The Labute approximate surface area is 176 Å². The molecule has 0 aliphatic rings. The molecule has 0 bridgehead atoms. The molecule has 0 unspecified atom stereocenters. The van der Waals surface area contributed by atoms with E-state index in [1.165, 1.54) is 0 Å². The van der Waals surface area contributed by atoms with Crippen molar-refractivity contribution in [3.05, 3.63) is 73.6 Å². The number of anilines is 1. The highest BCUT2D eigenvalue weighted by Gasteiger charge is 2.16. The third-order valence-corrected chi connectivity index (χ3v) is 5.27. The van der Waals surface area contributed by atoms with Gasteiger partial charge in [-0.15, -0.1) is 0 Å². The number of pyridine rings is 3. The Bertz CT molecular complexity index is 1550. The quantitative estimate of drug-likeness (QED) is 0.406. The average molecular weight is 404 g/mol. The van der Waals surface area contributed by atoms with Crippen LogP contribution in [0.15, 0.2) is 73.6 Å². The van der Waals surface area contributed by atoms with Crippen molar-refractivity contribution in [1.82, 2.24) is 35.1 Å².